The first-order chi connectivity index (χ1) is 11.9. The molecule has 2 fully saturated rings. The van der Waals surface area contributed by atoms with Crippen LogP contribution < -0.4 is 0 Å². The van der Waals surface area contributed by atoms with E-state index >= 15 is 0 Å². The lowest BCUT2D eigenvalue weighted by Gasteiger charge is -2.34. The second-order valence-electron chi connectivity index (χ2n) is 7.92. The van der Waals surface area contributed by atoms with Crippen molar-refractivity contribution in [1.29, 1.82) is 5.26 Å². The van der Waals surface area contributed by atoms with E-state index in [9.17, 15) is 4.79 Å². The van der Waals surface area contributed by atoms with Crippen LogP contribution in [0.1, 0.15) is 71.2 Å². The summed E-state index contributed by atoms with van der Waals surface area (Å²) >= 11 is 0. The molecule has 2 heterocycles. The number of likely N-dealkylation sites (tertiary alicyclic amines) is 1. The second kappa shape index (κ2) is 6.98. The Hall–Kier alpha value is -2.17. The molecule has 1 saturated carbocycles. The van der Waals surface area contributed by atoms with Gasteiger partial charge in [-0.05, 0) is 56.4 Å². The molecular weight excluding hydrogens is 320 g/mol. The topological polar surface area (TPSA) is 96.9 Å². The highest BCUT2D eigenvalue weighted by atomic mass is 16.6. The quantitative estimate of drug-likeness (QED) is 0.835. The Morgan fingerprint density at radius 2 is 2.12 bits per heavy atom. The SMILES string of the molecule is CC(C)(C)OC(=O)N1C(c2nnnn2CCC#N)CC2CCCC[C@@H]21. The maximum atomic E-state index is 12.9. The third kappa shape index (κ3) is 3.75. The summed E-state index contributed by atoms with van der Waals surface area (Å²) < 4.78 is 7.33. The van der Waals surface area contributed by atoms with Gasteiger partial charge in [0.1, 0.15) is 5.60 Å². The monoisotopic (exact) mass is 346 g/mol. The third-order valence-corrected chi connectivity index (χ3v) is 4.99. The number of ether oxygens (including phenoxy) is 1. The van der Waals surface area contributed by atoms with Crippen LogP contribution in [0.4, 0.5) is 4.79 Å². The summed E-state index contributed by atoms with van der Waals surface area (Å²) in [4.78, 5) is 14.8. The predicted octanol–water partition coefficient (Wildman–Crippen LogP) is 2.83. The lowest BCUT2D eigenvalue weighted by Crippen LogP contribution is -2.43. The first-order valence-corrected chi connectivity index (χ1v) is 9.05. The lowest BCUT2D eigenvalue weighted by atomic mass is 9.85. The van der Waals surface area contributed by atoms with E-state index in [-0.39, 0.29) is 18.2 Å². The molecule has 0 N–H and O–H groups in total. The van der Waals surface area contributed by atoms with Gasteiger partial charge in [0.2, 0.25) is 0 Å². The zero-order chi connectivity index (χ0) is 18.0. The fourth-order valence-corrected chi connectivity index (χ4v) is 4.03. The van der Waals surface area contributed by atoms with Crippen molar-refractivity contribution in [3.05, 3.63) is 5.82 Å². The fourth-order valence-electron chi connectivity index (χ4n) is 4.03. The van der Waals surface area contributed by atoms with Crippen LogP contribution in [-0.2, 0) is 11.3 Å². The molecule has 3 atom stereocenters. The van der Waals surface area contributed by atoms with Crippen LogP contribution in [-0.4, -0.2) is 42.8 Å². The van der Waals surface area contributed by atoms with E-state index in [1.807, 2.05) is 25.7 Å². The first kappa shape index (κ1) is 17.6. The highest BCUT2D eigenvalue weighted by Crippen LogP contribution is 2.46. The van der Waals surface area contributed by atoms with E-state index in [1.54, 1.807) is 4.68 Å². The zero-order valence-corrected chi connectivity index (χ0v) is 15.2. The Morgan fingerprint density at radius 3 is 2.84 bits per heavy atom. The van der Waals surface area contributed by atoms with Gasteiger partial charge in [0.25, 0.3) is 0 Å². The van der Waals surface area contributed by atoms with E-state index in [0.29, 0.717) is 24.7 Å². The largest absolute Gasteiger partial charge is 0.444 e. The van der Waals surface area contributed by atoms with E-state index in [0.717, 1.165) is 25.7 Å². The maximum Gasteiger partial charge on any atom is 0.411 e. The Kier molecular flexibility index (Phi) is 4.93. The summed E-state index contributed by atoms with van der Waals surface area (Å²) in [5, 5.41) is 20.8. The number of hydrogen-bond acceptors (Lipinski definition) is 6. The first-order valence-electron chi connectivity index (χ1n) is 9.05. The van der Waals surface area contributed by atoms with Crippen LogP contribution >= 0.6 is 0 Å². The molecule has 0 aromatic carbocycles. The number of fused-ring (bicyclic) bond motifs is 1. The van der Waals surface area contributed by atoms with Gasteiger partial charge in [-0.1, -0.05) is 12.8 Å². The highest BCUT2D eigenvalue weighted by Gasteiger charge is 2.48. The van der Waals surface area contributed by atoms with E-state index in [1.165, 1.54) is 6.42 Å². The number of carbonyl (C=O) groups excluding carboxylic acids is 1. The summed E-state index contributed by atoms with van der Waals surface area (Å²) in [6.45, 7) is 6.08. The van der Waals surface area contributed by atoms with Crippen molar-refractivity contribution in [2.75, 3.05) is 0 Å². The molecule has 2 unspecified atom stereocenters. The van der Waals surface area contributed by atoms with Crippen molar-refractivity contribution in [3.63, 3.8) is 0 Å². The number of nitriles is 1. The molecule has 136 valence electrons. The Bertz CT molecular complexity index is 659. The molecule has 8 heteroatoms. The average molecular weight is 346 g/mol. The van der Waals surface area contributed by atoms with Gasteiger partial charge in [-0.25, -0.2) is 9.48 Å². The van der Waals surface area contributed by atoms with E-state index < -0.39 is 5.60 Å². The van der Waals surface area contributed by atoms with Crippen molar-refractivity contribution in [1.82, 2.24) is 25.1 Å². The van der Waals surface area contributed by atoms with Gasteiger partial charge in [-0.2, -0.15) is 5.26 Å². The number of carbonyl (C=O) groups is 1. The van der Waals surface area contributed by atoms with Crippen molar-refractivity contribution in [2.24, 2.45) is 5.92 Å². The summed E-state index contributed by atoms with van der Waals surface area (Å²) in [5.41, 5.74) is -0.541. The molecule has 1 aromatic heterocycles. The minimum atomic E-state index is -0.541. The van der Waals surface area contributed by atoms with Crippen molar-refractivity contribution in [2.45, 2.75) is 83.5 Å². The number of nitrogens with zero attached hydrogens (tertiary/aromatic N) is 6. The average Bonchev–Trinajstić information content (AvgIpc) is 3.14. The van der Waals surface area contributed by atoms with Crippen LogP contribution in [0.2, 0.25) is 0 Å². The van der Waals surface area contributed by atoms with Crippen LogP contribution in [0.25, 0.3) is 0 Å². The molecule has 1 aromatic rings. The number of tetrazole rings is 1. The van der Waals surface area contributed by atoms with Crippen LogP contribution in [0.3, 0.4) is 0 Å². The predicted molar refractivity (Wildman–Crippen MR) is 89.2 cm³/mol. The lowest BCUT2D eigenvalue weighted by molar-refractivity contribution is 0.00909. The van der Waals surface area contributed by atoms with E-state index in [4.69, 9.17) is 10.00 Å². The number of aryl methyl sites for hydroxylation is 1. The number of amides is 1. The van der Waals surface area contributed by atoms with Crippen LogP contribution in [0.5, 0.6) is 0 Å². The molecule has 1 saturated heterocycles. The molecule has 1 amide bonds. The highest BCUT2D eigenvalue weighted by molar-refractivity contribution is 5.69. The third-order valence-electron chi connectivity index (χ3n) is 4.99. The van der Waals surface area contributed by atoms with Gasteiger partial charge >= 0.3 is 6.09 Å². The maximum absolute atomic E-state index is 12.9. The Morgan fingerprint density at radius 1 is 1.36 bits per heavy atom. The van der Waals surface area contributed by atoms with E-state index in [2.05, 4.69) is 21.6 Å². The molecule has 0 radical (unpaired) electrons. The van der Waals surface area contributed by atoms with Crippen LogP contribution in [0, 0.1) is 17.2 Å². The van der Waals surface area contributed by atoms with Crippen molar-refractivity contribution >= 4 is 6.09 Å². The van der Waals surface area contributed by atoms with Gasteiger partial charge in [-0.3, -0.25) is 4.90 Å². The van der Waals surface area contributed by atoms with Crippen molar-refractivity contribution in [3.8, 4) is 6.07 Å². The fraction of sp³-hybridized carbons (Fsp3) is 0.824. The Balaban J connectivity index is 1.89. The van der Waals surface area contributed by atoms with Crippen LogP contribution in [0.15, 0.2) is 0 Å². The summed E-state index contributed by atoms with van der Waals surface area (Å²) in [7, 11) is 0. The molecular formula is C17H26N6O2. The van der Waals surface area contributed by atoms with Gasteiger partial charge < -0.3 is 4.74 Å². The molecule has 2 aliphatic rings. The smallest absolute Gasteiger partial charge is 0.411 e. The molecule has 1 aliphatic heterocycles. The standard InChI is InChI=1S/C17H26N6O2/c1-17(2,3)25-16(24)23-13-8-5-4-7-12(13)11-14(23)15-19-20-21-22(15)10-6-9-18/h12-14H,4-8,10-11H2,1-3H3/t12?,13-,14?/m0/s1. The summed E-state index contributed by atoms with van der Waals surface area (Å²) in [6, 6.07) is 2.12. The number of rotatable bonds is 3. The molecule has 0 bridgehead atoms. The number of aromatic nitrogens is 4. The molecule has 8 nitrogen and oxygen atoms in total. The van der Waals surface area contributed by atoms with Crippen molar-refractivity contribution < 1.29 is 9.53 Å². The minimum Gasteiger partial charge on any atom is -0.444 e. The van der Waals surface area contributed by atoms with Gasteiger partial charge in [0.15, 0.2) is 5.82 Å². The zero-order valence-electron chi connectivity index (χ0n) is 15.2. The summed E-state index contributed by atoms with van der Waals surface area (Å²) in [5.74, 6) is 1.13. The van der Waals surface area contributed by atoms with Gasteiger partial charge in [0.05, 0.1) is 25.1 Å². The normalized spacial score (nSPS) is 26.2. The molecule has 25 heavy (non-hydrogen) atoms. The Labute approximate surface area is 148 Å². The minimum absolute atomic E-state index is 0.184. The molecule has 1 aliphatic carbocycles. The number of hydrogen-bond donors (Lipinski definition) is 0. The second-order valence-corrected chi connectivity index (χ2v) is 7.92. The molecule has 0 spiro atoms. The van der Waals surface area contributed by atoms with Gasteiger partial charge in [-0.15, -0.1) is 5.10 Å². The van der Waals surface area contributed by atoms with Gasteiger partial charge in [0, 0.05) is 6.04 Å². The molecule has 3 rings (SSSR count). The summed E-state index contributed by atoms with van der Waals surface area (Å²) in [6.07, 6.45) is 5.37.